The van der Waals surface area contributed by atoms with Crippen molar-refractivity contribution in [2.24, 2.45) is 5.73 Å². The number of benzene rings is 1. The third-order valence-electron chi connectivity index (χ3n) is 3.46. The molecule has 0 aliphatic rings. The van der Waals surface area contributed by atoms with Gasteiger partial charge in [0.05, 0.1) is 0 Å². The molecule has 0 aliphatic heterocycles. The van der Waals surface area contributed by atoms with Gasteiger partial charge in [-0.1, -0.05) is 12.1 Å². The van der Waals surface area contributed by atoms with E-state index in [1.807, 2.05) is 38.1 Å². The van der Waals surface area contributed by atoms with Gasteiger partial charge in [0.1, 0.15) is 17.3 Å². The minimum atomic E-state index is -0.481. The quantitative estimate of drug-likeness (QED) is 0.824. The topological polar surface area (TPSA) is 77.5 Å². The van der Waals surface area contributed by atoms with Crippen LogP contribution in [-0.2, 0) is 11.3 Å². The second-order valence-corrected chi connectivity index (χ2v) is 5.37. The second-order valence-electron chi connectivity index (χ2n) is 5.37. The molecule has 2 aromatic rings. The maximum absolute atomic E-state index is 10.7. The van der Waals surface area contributed by atoms with Crippen molar-refractivity contribution in [2.75, 3.05) is 6.61 Å². The summed E-state index contributed by atoms with van der Waals surface area (Å²) in [6, 6.07) is 9.86. The lowest BCUT2D eigenvalue weighted by Crippen LogP contribution is -2.20. The molecule has 2 rings (SSSR count). The molecule has 0 saturated carbocycles. The smallest absolute Gasteiger partial charge is 0.255 e. The van der Waals surface area contributed by atoms with Gasteiger partial charge in [-0.05, 0) is 44.5 Å². The Morgan fingerprint density at radius 3 is 2.55 bits per heavy atom. The number of carbonyl (C=O) groups excluding carboxylic acids is 1. The number of amides is 1. The number of aryl methyl sites for hydroxylation is 2. The van der Waals surface area contributed by atoms with Crippen LogP contribution < -0.4 is 15.8 Å². The lowest BCUT2D eigenvalue weighted by molar-refractivity contribution is -0.119. The molecule has 5 heteroatoms. The predicted octanol–water partition coefficient (Wildman–Crippen LogP) is 2.61. The van der Waals surface area contributed by atoms with E-state index in [-0.39, 0.29) is 12.6 Å². The third-order valence-corrected chi connectivity index (χ3v) is 3.46. The molecule has 0 radical (unpaired) electrons. The normalized spacial score (nSPS) is 12.1. The Kier molecular flexibility index (Phi) is 5.22. The summed E-state index contributed by atoms with van der Waals surface area (Å²) >= 11 is 0. The van der Waals surface area contributed by atoms with Crippen LogP contribution in [-0.4, -0.2) is 12.5 Å². The van der Waals surface area contributed by atoms with Crippen LogP contribution in [0.2, 0.25) is 0 Å². The average molecular weight is 302 g/mol. The summed E-state index contributed by atoms with van der Waals surface area (Å²) in [7, 11) is 0. The van der Waals surface area contributed by atoms with Crippen LogP contribution >= 0.6 is 0 Å². The highest BCUT2D eigenvalue weighted by Crippen LogP contribution is 2.21. The molecule has 1 aromatic carbocycles. The lowest BCUT2D eigenvalue weighted by atomic mass is 10.1. The van der Waals surface area contributed by atoms with Crippen LogP contribution in [0.5, 0.6) is 5.75 Å². The van der Waals surface area contributed by atoms with Gasteiger partial charge in [0, 0.05) is 18.2 Å². The average Bonchev–Trinajstić information content (AvgIpc) is 2.82. The number of hydrogen-bond acceptors (Lipinski definition) is 4. The maximum atomic E-state index is 10.7. The highest BCUT2D eigenvalue weighted by molar-refractivity contribution is 5.75. The van der Waals surface area contributed by atoms with E-state index in [4.69, 9.17) is 14.9 Å². The first kappa shape index (κ1) is 16.1. The van der Waals surface area contributed by atoms with Crippen molar-refractivity contribution in [1.29, 1.82) is 0 Å². The Morgan fingerprint density at radius 2 is 2.00 bits per heavy atom. The van der Waals surface area contributed by atoms with Gasteiger partial charge < -0.3 is 20.2 Å². The van der Waals surface area contributed by atoms with E-state index >= 15 is 0 Å². The Bertz CT molecular complexity index is 632. The van der Waals surface area contributed by atoms with Gasteiger partial charge in [0.25, 0.3) is 5.91 Å². The largest absolute Gasteiger partial charge is 0.484 e. The summed E-state index contributed by atoms with van der Waals surface area (Å²) in [5.41, 5.74) is 7.35. The van der Waals surface area contributed by atoms with E-state index in [0.717, 1.165) is 23.6 Å². The highest BCUT2D eigenvalue weighted by atomic mass is 16.5. The predicted molar refractivity (Wildman–Crippen MR) is 84.6 cm³/mol. The minimum Gasteiger partial charge on any atom is -0.484 e. The number of furan rings is 1. The number of nitrogens with two attached hydrogens (primary N) is 1. The van der Waals surface area contributed by atoms with Gasteiger partial charge in [0.2, 0.25) is 0 Å². The molecule has 5 nitrogen and oxygen atoms in total. The van der Waals surface area contributed by atoms with Gasteiger partial charge in [-0.15, -0.1) is 0 Å². The summed E-state index contributed by atoms with van der Waals surface area (Å²) in [4.78, 5) is 10.7. The molecule has 0 saturated heterocycles. The number of rotatable bonds is 7. The monoisotopic (exact) mass is 302 g/mol. The van der Waals surface area contributed by atoms with Crippen LogP contribution in [0.1, 0.15) is 35.6 Å². The molecule has 0 bridgehead atoms. The Balaban J connectivity index is 1.88. The van der Waals surface area contributed by atoms with Crippen molar-refractivity contribution in [3.05, 3.63) is 53.0 Å². The molecule has 1 heterocycles. The zero-order chi connectivity index (χ0) is 16.1. The van der Waals surface area contributed by atoms with Crippen molar-refractivity contribution < 1.29 is 13.9 Å². The third kappa shape index (κ3) is 4.36. The van der Waals surface area contributed by atoms with Gasteiger partial charge in [-0.25, -0.2) is 0 Å². The lowest BCUT2D eigenvalue weighted by Gasteiger charge is -2.13. The Morgan fingerprint density at radius 1 is 1.32 bits per heavy atom. The summed E-state index contributed by atoms with van der Waals surface area (Å²) in [5.74, 6) is 2.03. The van der Waals surface area contributed by atoms with E-state index in [1.165, 1.54) is 5.56 Å². The van der Waals surface area contributed by atoms with Crippen LogP contribution in [0.4, 0.5) is 0 Å². The number of ether oxygens (including phenoxy) is 1. The van der Waals surface area contributed by atoms with E-state index in [1.54, 1.807) is 0 Å². The van der Waals surface area contributed by atoms with Crippen molar-refractivity contribution in [1.82, 2.24) is 5.32 Å². The molecule has 0 fully saturated rings. The fraction of sp³-hybridized carbons (Fsp3) is 0.353. The molecule has 1 amide bonds. The summed E-state index contributed by atoms with van der Waals surface area (Å²) in [5, 5.41) is 3.46. The molecule has 1 aromatic heterocycles. The molecule has 118 valence electrons. The molecule has 1 atom stereocenters. The van der Waals surface area contributed by atoms with Crippen LogP contribution in [0.3, 0.4) is 0 Å². The zero-order valence-electron chi connectivity index (χ0n) is 13.2. The van der Waals surface area contributed by atoms with E-state index < -0.39 is 5.91 Å². The van der Waals surface area contributed by atoms with E-state index in [2.05, 4.69) is 18.3 Å². The van der Waals surface area contributed by atoms with Crippen LogP contribution in [0.15, 0.2) is 34.7 Å². The molecule has 0 aliphatic carbocycles. The standard InChI is InChI=1S/C17H22N2O3/c1-11-8-16(13(3)22-11)12(2)19-9-14-4-6-15(7-5-14)21-10-17(18)20/h4-8,12,19H,9-10H2,1-3H3,(H2,18,20). The first-order valence-electron chi connectivity index (χ1n) is 7.26. The Hall–Kier alpha value is -2.27. The SMILES string of the molecule is Cc1cc(C(C)NCc2ccc(OCC(N)=O)cc2)c(C)o1. The van der Waals surface area contributed by atoms with E-state index in [0.29, 0.717) is 5.75 Å². The van der Waals surface area contributed by atoms with Gasteiger partial charge in [-0.2, -0.15) is 0 Å². The van der Waals surface area contributed by atoms with Crippen molar-refractivity contribution >= 4 is 5.91 Å². The van der Waals surface area contributed by atoms with Crippen LogP contribution in [0, 0.1) is 13.8 Å². The summed E-state index contributed by atoms with van der Waals surface area (Å²) in [6.45, 7) is 6.68. The van der Waals surface area contributed by atoms with E-state index in [9.17, 15) is 4.79 Å². The molecule has 0 spiro atoms. The minimum absolute atomic E-state index is 0.103. The molecular formula is C17H22N2O3. The summed E-state index contributed by atoms with van der Waals surface area (Å²) < 4.78 is 10.8. The number of primary amides is 1. The molecule has 1 unspecified atom stereocenters. The Labute approximate surface area is 130 Å². The first-order chi connectivity index (χ1) is 10.5. The molecular weight excluding hydrogens is 280 g/mol. The first-order valence-corrected chi connectivity index (χ1v) is 7.26. The van der Waals surface area contributed by atoms with Crippen LogP contribution in [0.25, 0.3) is 0 Å². The van der Waals surface area contributed by atoms with Gasteiger partial charge in [-0.3, -0.25) is 4.79 Å². The zero-order valence-corrected chi connectivity index (χ0v) is 13.2. The summed E-state index contributed by atoms with van der Waals surface area (Å²) in [6.07, 6.45) is 0. The van der Waals surface area contributed by atoms with Gasteiger partial charge >= 0.3 is 0 Å². The van der Waals surface area contributed by atoms with Crippen molar-refractivity contribution in [3.8, 4) is 5.75 Å². The number of carbonyl (C=O) groups is 1. The fourth-order valence-corrected chi connectivity index (χ4v) is 2.32. The van der Waals surface area contributed by atoms with Gasteiger partial charge in [0.15, 0.2) is 6.61 Å². The van der Waals surface area contributed by atoms with Crippen molar-refractivity contribution in [2.45, 2.75) is 33.4 Å². The number of nitrogens with one attached hydrogen (secondary N) is 1. The van der Waals surface area contributed by atoms with Crippen molar-refractivity contribution in [3.63, 3.8) is 0 Å². The number of hydrogen-bond donors (Lipinski definition) is 2. The fourth-order valence-electron chi connectivity index (χ4n) is 2.32. The molecule has 22 heavy (non-hydrogen) atoms. The second kappa shape index (κ2) is 7.13. The molecule has 3 N–H and O–H groups in total. The highest BCUT2D eigenvalue weighted by Gasteiger charge is 2.12. The maximum Gasteiger partial charge on any atom is 0.255 e.